The van der Waals surface area contributed by atoms with E-state index in [2.05, 4.69) is 0 Å². The van der Waals surface area contributed by atoms with Crippen molar-refractivity contribution < 1.29 is 9.31 Å². The Morgan fingerprint density at radius 2 is 1.95 bits per heavy atom. The molecule has 0 bridgehead atoms. The topological polar surface area (TPSA) is 70.2 Å². The zero-order chi connectivity index (χ0) is 15.4. The average molecular weight is 285 g/mol. The fourth-order valence-electron chi connectivity index (χ4n) is 1.97. The smallest absolute Gasteiger partial charge is 0.287 e. The minimum absolute atomic E-state index is 0.0171. The lowest BCUT2D eigenvalue weighted by molar-refractivity contribution is -0.385. The van der Waals surface area contributed by atoms with Gasteiger partial charge in [0.2, 0.25) is 0 Å². The SMILES string of the molecule is CN(Cc1ccc(F)cc1)c1ccc([N+](=O)[O-])c(C#N)c1. The van der Waals surface area contributed by atoms with Gasteiger partial charge in [-0.05, 0) is 29.8 Å². The quantitative estimate of drug-likeness (QED) is 0.638. The molecule has 0 aliphatic carbocycles. The van der Waals surface area contributed by atoms with Gasteiger partial charge in [0, 0.05) is 25.3 Å². The second-order valence-corrected chi connectivity index (χ2v) is 4.55. The van der Waals surface area contributed by atoms with E-state index in [1.165, 1.54) is 24.3 Å². The van der Waals surface area contributed by atoms with Crippen molar-refractivity contribution in [1.29, 1.82) is 5.26 Å². The Kier molecular flexibility index (Phi) is 4.14. The van der Waals surface area contributed by atoms with Gasteiger partial charge in [-0.1, -0.05) is 12.1 Å². The van der Waals surface area contributed by atoms with E-state index in [9.17, 15) is 14.5 Å². The molecule has 5 nitrogen and oxygen atoms in total. The van der Waals surface area contributed by atoms with Crippen molar-refractivity contribution in [3.63, 3.8) is 0 Å². The highest BCUT2D eigenvalue weighted by Gasteiger charge is 2.15. The van der Waals surface area contributed by atoms with E-state index in [1.807, 2.05) is 11.0 Å². The van der Waals surface area contributed by atoms with Crippen LogP contribution in [0.3, 0.4) is 0 Å². The lowest BCUT2D eigenvalue weighted by Gasteiger charge is -2.19. The first-order valence-electron chi connectivity index (χ1n) is 6.15. The number of nitriles is 1. The summed E-state index contributed by atoms with van der Waals surface area (Å²) in [7, 11) is 1.80. The fourth-order valence-corrected chi connectivity index (χ4v) is 1.97. The molecule has 21 heavy (non-hydrogen) atoms. The second-order valence-electron chi connectivity index (χ2n) is 4.55. The Balaban J connectivity index is 2.23. The molecule has 0 saturated heterocycles. The summed E-state index contributed by atoms with van der Waals surface area (Å²) in [6, 6.07) is 12.3. The number of anilines is 1. The molecule has 2 aromatic carbocycles. The summed E-state index contributed by atoms with van der Waals surface area (Å²) in [6.07, 6.45) is 0. The molecular formula is C15H12FN3O2. The van der Waals surface area contributed by atoms with Crippen LogP contribution in [0.4, 0.5) is 15.8 Å². The Morgan fingerprint density at radius 1 is 1.29 bits per heavy atom. The van der Waals surface area contributed by atoms with Gasteiger partial charge in [0.1, 0.15) is 17.4 Å². The molecule has 0 spiro atoms. The molecule has 2 aromatic rings. The predicted octanol–water partition coefficient (Wildman–Crippen LogP) is 3.24. The molecule has 0 aromatic heterocycles. The standard InChI is InChI=1S/C15H12FN3O2/c1-18(10-11-2-4-13(16)5-3-11)14-6-7-15(19(20)21)12(8-14)9-17/h2-8H,10H2,1H3. The van der Waals surface area contributed by atoms with E-state index >= 15 is 0 Å². The van der Waals surface area contributed by atoms with Crippen molar-refractivity contribution in [3.05, 3.63) is 69.5 Å². The summed E-state index contributed by atoms with van der Waals surface area (Å²) < 4.78 is 12.9. The minimum Gasteiger partial charge on any atom is -0.370 e. The average Bonchev–Trinajstić information content (AvgIpc) is 2.48. The van der Waals surface area contributed by atoms with Crippen LogP contribution in [-0.2, 0) is 6.54 Å². The Labute approximate surface area is 121 Å². The van der Waals surface area contributed by atoms with E-state index in [1.54, 1.807) is 25.2 Å². The maximum atomic E-state index is 12.9. The maximum Gasteiger partial charge on any atom is 0.287 e. The molecule has 0 aliphatic rings. The van der Waals surface area contributed by atoms with Gasteiger partial charge in [-0.2, -0.15) is 5.26 Å². The largest absolute Gasteiger partial charge is 0.370 e. The van der Waals surface area contributed by atoms with Crippen LogP contribution in [0.5, 0.6) is 0 Å². The van der Waals surface area contributed by atoms with Crippen molar-refractivity contribution >= 4 is 11.4 Å². The molecule has 106 valence electrons. The normalized spacial score (nSPS) is 9.95. The van der Waals surface area contributed by atoms with Gasteiger partial charge in [-0.3, -0.25) is 10.1 Å². The Morgan fingerprint density at radius 3 is 2.52 bits per heavy atom. The van der Waals surface area contributed by atoms with Crippen molar-refractivity contribution in [2.45, 2.75) is 6.54 Å². The molecule has 0 amide bonds. The summed E-state index contributed by atoms with van der Waals surface area (Å²) in [5.41, 5.74) is 1.39. The van der Waals surface area contributed by atoms with E-state index in [0.29, 0.717) is 12.2 Å². The third-order valence-electron chi connectivity index (χ3n) is 3.07. The van der Waals surface area contributed by atoms with Gasteiger partial charge in [-0.25, -0.2) is 4.39 Å². The molecular weight excluding hydrogens is 273 g/mol. The first-order valence-corrected chi connectivity index (χ1v) is 6.15. The predicted molar refractivity (Wildman–Crippen MR) is 76.3 cm³/mol. The monoisotopic (exact) mass is 285 g/mol. The maximum absolute atomic E-state index is 12.9. The summed E-state index contributed by atoms with van der Waals surface area (Å²) >= 11 is 0. The van der Waals surface area contributed by atoms with Crippen LogP contribution >= 0.6 is 0 Å². The molecule has 0 unspecified atom stereocenters. The number of hydrogen-bond donors (Lipinski definition) is 0. The van der Waals surface area contributed by atoms with E-state index < -0.39 is 4.92 Å². The molecule has 0 heterocycles. The lowest BCUT2D eigenvalue weighted by atomic mass is 10.1. The number of nitrogens with zero attached hydrogens (tertiary/aromatic N) is 3. The molecule has 2 rings (SSSR count). The highest BCUT2D eigenvalue weighted by atomic mass is 19.1. The highest BCUT2D eigenvalue weighted by molar-refractivity contribution is 5.59. The summed E-state index contributed by atoms with van der Waals surface area (Å²) in [4.78, 5) is 12.0. The van der Waals surface area contributed by atoms with Crippen LogP contribution in [0.15, 0.2) is 42.5 Å². The van der Waals surface area contributed by atoms with Gasteiger partial charge in [-0.15, -0.1) is 0 Å². The minimum atomic E-state index is -0.581. The number of nitro benzene ring substituents is 1. The number of rotatable bonds is 4. The number of benzene rings is 2. The van der Waals surface area contributed by atoms with Crippen molar-refractivity contribution in [1.82, 2.24) is 0 Å². The zero-order valence-electron chi connectivity index (χ0n) is 11.3. The molecule has 0 N–H and O–H groups in total. The number of hydrogen-bond acceptors (Lipinski definition) is 4. The molecule has 0 saturated carbocycles. The summed E-state index contributed by atoms with van der Waals surface area (Å²) in [5.74, 6) is -0.302. The molecule has 0 fully saturated rings. The molecule has 0 atom stereocenters. The number of halogens is 1. The van der Waals surface area contributed by atoms with Crippen molar-refractivity contribution in [2.75, 3.05) is 11.9 Å². The first kappa shape index (κ1) is 14.5. The van der Waals surface area contributed by atoms with Gasteiger partial charge >= 0.3 is 0 Å². The van der Waals surface area contributed by atoms with Crippen LogP contribution in [-0.4, -0.2) is 12.0 Å². The van der Waals surface area contributed by atoms with Gasteiger partial charge in [0.25, 0.3) is 5.69 Å². The zero-order valence-corrected chi connectivity index (χ0v) is 11.3. The molecule has 6 heteroatoms. The second kappa shape index (κ2) is 6.01. The lowest BCUT2D eigenvalue weighted by Crippen LogP contribution is -2.16. The van der Waals surface area contributed by atoms with E-state index in [0.717, 1.165) is 5.56 Å². The van der Waals surface area contributed by atoms with Crippen LogP contribution < -0.4 is 4.90 Å². The fraction of sp³-hybridized carbons (Fsp3) is 0.133. The Bertz CT molecular complexity index is 708. The van der Waals surface area contributed by atoms with E-state index in [4.69, 9.17) is 5.26 Å². The van der Waals surface area contributed by atoms with Crippen LogP contribution in [0.1, 0.15) is 11.1 Å². The molecule has 0 radical (unpaired) electrons. The third-order valence-corrected chi connectivity index (χ3v) is 3.07. The Hall–Kier alpha value is -2.94. The van der Waals surface area contributed by atoms with Crippen molar-refractivity contribution in [3.8, 4) is 6.07 Å². The number of nitro groups is 1. The third kappa shape index (κ3) is 3.34. The summed E-state index contributed by atoms with van der Waals surface area (Å²) in [5, 5.41) is 19.8. The van der Waals surface area contributed by atoms with Gasteiger partial charge in [0.05, 0.1) is 4.92 Å². The van der Waals surface area contributed by atoms with Crippen LogP contribution in [0.25, 0.3) is 0 Å². The highest BCUT2D eigenvalue weighted by Crippen LogP contribution is 2.24. The van der Waals surface area contributed by atoms with Gasteiger partial charge in [0.15, 0.2) is 0 Å². The summed E-state index contributed by atoms with van der Waals surface area (Å²) in [6.45, 7) is 0.503. The van der Waals surface area contributed by atoms with Crippen LogP contribution in [0.2, 0.25) is 0 Å². The van der Waals surface area contributed by atoms with Crippen molar-refractivity contribution in [2.24, 2.45) is 0 Å². The first-order chi connectivity index (χ1) is 10.0. The van der Waals surface area contributed by atoms with E-state index in [-0.39, 0.29) is 17.1 Å². The van der Waals surface area contributed by atoms with Gasteiger partial charge < -0.3 is 4.90 Å². The van der Waals surface area contributed by atoms with Crippen LogP contribution in [0, 0.1) is 27.3 Å². The molecule has 0 aliphatic heterocycles.